The summed E-state index contributed by atoms with van der Waals surface area (Å²) < 4.78 is 39.0. The first-order valence-corrected chi connectivity index (χ1v) is 12.2. The highest BCUT2D eigenvalue weighted by atomic mass is 32.2. The van der Waals surface area contributed by atoms with Crippen LogP contribution in [0.4, 0.5) is 0 Å². The molecule has 0 spiro atoms. The molecule has 1 aromatic carbocycles. The number of methoxy groups -OCH3 is 3. The summed E-state index contributed by atoms with van der Waals surface area (Å²) in [5, 5.41) is 5.33. The van der Waals surface area contributed by atoms with E-state index in [1.165, 1.54) is 26.2 Å². The van der Waals surface area contributed by atoms with Crippen LogP contribution in [0.3, 0.4) is 0 Å². The lowest BCUT2D eigenvalue weighted by atomic mass is 10.1. The van der Waals surface area contributed by atoms with E-state index >= 15 is 0 Å². The van der Waals surface area contributed by atoms with Crippen LogP contribution in [0.1, 0.15) is 24.8 Å². The summed E-state index contributed by atoms with van der Waals surface area (Å²) in [5.74, 6) is -0.658. The lowest BCUT2D eigenvalue weighted by molar-refractivity contribution is -0.145. The molecule has 0 aliphatic carbocycles. The Morgan fingerprint density at radius 1 is 1.12 bits per heavy atom. The van der Waals surface area contributed by atoms with Crippen molar-refractivity contribution >= 4 is 33.3 Å². The second kappa shape index (κ2) is 10.2. The van der Waals surface area contributed by atoms with E-state index in [9.17, 15) is 22.8 Å². The molecule has 33 heavy (non-hydrogen) atoms. The van der Waals surface area contributed by atoms with Crippen LogP contribution in [0.25, 0.3) is 0 Å². The average molecular weight is 482 g/mol. The number of carbonyl (C=O) groups is 3. The molecule has 1 aromatic rings. The SMILES string of the molecule is COC(=O)CN(Cc1cc(OC)cc(OC)c1)C(=O)C1=NN(C2CCS(=O)(=O)C2)C(=O)CC1. The molecule has 1 fully saturated rings. The minimum Gasteiger partial charge on any atom is -0.497 e. The summed E-state index contributed by atoms with van der Waals surface area (Å²) in [6.45, 7) is -0.300. The first-order chi connectivity index (χ1) is 15.7. The third-order valence-electron chi connectivity index (χ3n) is 5.48. The summed E-state index contributed by atoms with van der Waals surface area (Å²) in [5.41, 5.74) is 0.729. The molecule has 3 rings (SSSR count). The minimum atomic E-state index is -3.24. The number of rotatable bonds is 8. The van der Waals surface area contributed by atoms with E-state index in [1.807, 2.05) is 0 Å². The predicted octanol–water partition coefficient (Wildman–Crippen LogP) is 0.371. The highest BCUT2D eigenvalue weighted by molar-refractivity contribution is 7.91. The summed E-state index contributed by atoms with van der Waals surface area (Å²) in [7, 11) is 0.985. The standard InChI is InChI=1S/C21H27N3O8S/c1-30-16-8-14(9-17(10-16)31-2)11-23(12-20(26)32-3)21(27)18-4-5-19(25)24(22-18)15-6-7-33(28,29)13-15/h8-10,15H,4-7,11-13H2,1-3H3. The maximum Gasteiger partial charge on any atom is 0.325 e. The number of amides is 2. The Morgan fingerprint density at radius 2 is 1.79 bits per heavy atom. The van der Waals surface area contributed by atoms with Gasteiger partial charge in [0.15, 0.2) is 9.84 Å². The van der Waals surface area contributed by atoms with Crippen molar-refractivity contribution in [3.63, 3.8) is 0 Å². The van der Waals surface area contributed by atoms with Gasteiger partial charge in [0.2, 0.25) is 5.91 Å². The summed E-state index contributed by atoms with van der Waals surface area (Å²) in [6, 6.07) is 4.51. The van der Waals surface area contributed by atoms with E-state index in [4.69, 9.17) is 14.2 Å². The number of hydrogen-bond acceptors (Lipinski definition) is 9. The largest absolute Gasteiger partial charge is 0.497 e. The van der Waals surface area contributed by atoms with Crippen LogP contribution >= 0.6 is 0 Å². The average Bonchev–Trinajstić information content (AvgIpc) is 3.17. The van der Waals surface area contributed by atoms with Gasteiger partial charge in [-0.2, -0.15) is 5.10 Å². The van der Waals surface area contributed by atoms with E-state index in [-0.39, 0.29) is 55.5 Å². The lowest BCUT2D eigenvalue weighted by Gasteiger charge is -2.29. The Kier molecular flexibility index (Phi) is 7.57. The van der Waals surface area contributed by atoms with Crippen LogP contribution in [-0.2, 0) is 35.5 Å². The maximum atomic E-state index is 13.3. The van der Waals surface area contributed by atoms with Gasteiger partial charge in [-0.1, -0.05) is 0 Å². The summed E-state index contributed by atoms with van der Waals surface area (Å²) in [4.78, 5) is 39.0. The number of sulfone groups is 1. The molecule has 0 radical (unpaired) electrons. The normalized spacial score (nSPS) is 19.6. The van der Waals surface area contributed by atoms with E-state index < -0.39 is 27.8 Å². The monoisotopic (exact) mass is 481 g/mol. The van der Waals surface area contributed by atoms with Crippen molar-refractivity contribution in [3.8, 4) is 11.5 Å². The summed E-state index contributed by atoms with van der Waals surface area (Å²) in [6.07, 6.45) is 0.390. The fourth-order valence-electron chi connectivity index (χ4n) is 3.76. The molecule has 12 heteroatoms. The van der Waals surface area contributed by atoms with Gasteiger partial charge in [0.25, 0.3) is 5.91 Å². The van der Waals surface area contributed by atoms with Crippen molar-refractivity contribution in [2.24, 2.45) is 5.10 Å². The first kappa shape index (κ1) is 24.5. The highest BCUT2D eigenvalue weighted by Crippen LogP contribution is 2.25. The first-order valence-electron chi connectivity index (χ1n) is 10.3. The number of hydrogen-bond donors (Lipinski definition) is 0. The molecule has 1 unspecified atom stereocenters. The van der Waals surface area contributed by atoms with Crippen LogP contribution in [0, 0.1) is 0 Å². The number of benzene rings is 1. The topological polar surface area (TPSA) is 132 Å². The van der Waals surface area contributed by atoms with Crippen LogP contribution in [0.15, 0.2) is 23.3 Å². The number of ether oxygens (including phenoxy) is 3. The molecule has 0 bridgehead atoms. The van der Waals surface area contributed by atoms with Gasteiger partial charge in [-0.15, -0.1) is 0 Å². The van der Waals surface area contributed by atoms with Gasteiger partial charge >= 0.3 is 5.97 Å². The second-order valence-corrected chi connectivity index (χ2v) is 10.0. The van der Waals surface area contributed by atoms with Gasteiger partial charge in [-0.05, 0) is 24.1 Å². The van der Waals surface area contributed by atoms with Crippen molar-refractivity contribution < 1.29 is 37.0 Å². The molecule has 11 nitrogen and oxygen atoms in total. The molecular weight excluding hydrogens is 454 g/mol. The highest BCUT2D eigenvalue weighted by Gasteiger charge is 2.38. The van der Waals surface area contributed by atoms with Gasteiger partial charge in [0.05, 0.1) is 38.9 Å². The molecule has 180 valence electrons. The van der Waals surface area contributed by atoms with E-state index in [0.717, 1.165) is 5.01 Å². The van der Waals surface area contributed by atoms with Crippen molar-refractivity contribution in [3.05, 3.63) is 23.8 Å². The van der Waals surface area contributed by atoms with Gasteiger partial charge in [-0.3, -0.25) is 14.4 Å². The third-order valence-corrected chi connectivity index (χ3v) is 7.23. The van der Waals surface area contributed by atoms with Crippen LogP contribution in [0.5, 0.6) is 11.5 Å². The molecule has 0 N–H and O–H groups in total. The number of nitrogens with zero attached hydrogens (tertiary/aromatic N) is 3. The maximum absolute atomic E-state index is 13.3. The van der Waals surface area contributed by atoms with Crippen molar-refractivity contribution in [1.29, 1.82) is 0 Å². The molecule has 1 saturated heterocycles. The van der Waals surface area contributed by atoms with E-state index in [2.05, 4.69) is 5.10 Å². The molecule has 2 aliphatic heterocycles. The fourth-order valence-corrected chi connectivity index (χ4v) is 5.45. The molecule has 2 aliphatic rings. The molecule has 2 heterocycles. The molecular formula is C21H27N3O8S. The van der Waals surface area contributed by atoms with Crippen LogP contribution in [-0.4, -0.2) is 87.2 Å². The van der Waals surface area contributed by atoms with E-state index in [1.54, 1.807) is 18.2 Å². The van der Waals surface area contributed by atoms with Crippen LogP contribution < -0.4 is 9.47 Å². The Balaban J connectivity index is 1.87. The smallest absolute Gasteiger partial charge is 0.325 e. The van der Waals surface area contributed by atoms with Gasteiger partial charge in [-0.25, -0.2) is 13.4 Å². The van der Waals surface area contributed by atoms with Crippen molar-refractivity contribution in [2.75, 3.05) is 39.4 Å². The lowest BCUT2D eigenvalue weighted by Crippen LogP contribution is -2.46. The zero-order chi connectivity index (χ0) is 24.2. The Hall–Kier alpha value is -3.15. The fraction of sp³-hybridized carbons (Fsp3) is 0.524. The van der Waals surface area contributed by atoms with Gasteiger partial charge in [0, 0.05) is 25.5 Å². The predicted molar refractivity (Wildman–Crippen MR) is 118 cm³/mol. The molecule has 2 amide bonds. The molecule has 0 aromatic heterocycles. The minimum absolute atomic E-state index is 0.0214. The van der Waals surface area contributed by atoms with Gasteiger partial charge < -0.3 is 19.1 Å². The Bertz CT molecular complexity index is 1050. The quantitative estimate of drug-likeness (QED) is 0.487. The Labute approximate surface area is 192 Å². The zero-order valence-electron chi connectivity index (χ0n) is 18.8. The van der Waals surface area contributed by atoms with Crippen LogP contribution in [0.2, 0.25) is 0 Å². The zero-order valence-corrected chi connectivity index (χ0v) is 19.6. The third kappa shape index (κ3) is 6.01. The molecule has 0 saturated carbocycles. The second-order valence-electron chi connectivity index (χ2n) is 7.80. The molecule has 1 atom stereocenters. The van der Waals surface area contributed by atoms with E-state index in [0.29, 0.717) is 17.1 Å². The number of carbonyl (C=O) groups excluding carboxylic acids is 3. The van der Waals surface area contributed by atoms with Crippen molar-refractivity contribution in [1.82, 2.24) is 9.91 Å². The number of hydrazone groups is 1. The number of esters is 1. The van der Waals surface area contributed by atoms with Crippen molar-refractivity contribution in [2.45, 2.75) is 31.8 Å². The Morgan fingerprint density at radius 3 is 2.33 bits per heavy atom. The summed E-state index contributed by atoms with van der Waals surface area (Å²) >= 11 is 0. The van der Waals surface area contributed by atoms with Gasteiger partial charge in [0.1, 0.15) is 23.8 Å².